The number of nitrogens with zero attached hydrogens (tertiary/aromatic N) is 2. The molecule has 0 spiro atoms. The molecule has 1 aliphatic heterocycles. The number of rotatable bonds is 4. The highest BCUT2D eigenvalue weighted by atomic mass is 16.6. The van der Waals surface area contributed by atoms with Gasteiger partial charge in [0.1, 0.15) is 5.75 Å². The zero-order valence-electron chi connectivity index (χ0n) is 12.1. The van der Waals surface area contributed by atoms with Gasteiger partial charge in [-0.2, -0.15) is 0 Å². The van der Waals surface area contributed by atoms with Crippen molar-refractivity contribution >= 4 is 11.4 Å². The summed E-state index contributed by atoms with van der Waals surface area (Å²) < 4.78 is 10.7. The van der Waals surface area contributed by atoms with Crippen LogP contribution in [0.5, 0.6) is 5.75 Å². The monoisotopic (exact) mass is 280 g/mol. The summed E-state index contributed by atoms with van der Waals surface area (Å²) in [5.74, 6) is 0.554. The van der Waals surface area contributed by atoms with E-state index >= 15 is 0 Å². The summed E-state index contributed by atoms with van der Waals surface area (Å²) in [6.07, 6.45) is 2.21. The number of methoxy groups -OCH3 is 2. The van der Waals surface area contributed by atoms with E-state index < -0.39 is 0 Å². The minimum Gasteiger partial charge on any atom is -0.494 e. The zero-order chi connectivity index (χ0) is 14.7. The smallest absolute Gasteiger partial charge is 0.276 e. The molecule has 0 atom stereocenters. The van der Waals surface area contributed by atoms with E-state index in [1.165, 1.54) is 6.07 Å². The van der Waals surface area contributed by atoms with Crippen molar-refractivity contribution in [3.8, 4) is 5.75 Å². The Hall–Kier alpha value is -1.82. The van der Waals surface area contributed by atoms with Crippen molar-refractivity contribution in [2.45, 2.75) is 25.9 Å². The van der Waals surface area contributed by atoms with Gasteiger partial charge in [0.15, 0.2) is 0 Å². The Morgan fingerprint density at radius 3 is 2.45 bits per heavy atom. The molecule has 0 aromatic heterocycles. The van der Waals surface area contributed by atoms with Gasteiger partial charge in [0.25, 0.3) is 5.69 Å². The Morgan fingerprint density at radius 2 is 1.95 bits per heavy atom. The summed E-state index contributed by atoms with van der Waals surface area (Å²) in [5.41, 5.74) is 1.67. The molecule has 0 saturated carbocycles. The van der Waals surface area contributed by atoms with Gasteiger partial charge in [-0.25, -0.2) is 0 Å². The predicted molar refractivity (Wildman–Crippen MR) is 76.6 cm³/mol. The molecule has 1 aliphatic rings. The molecule has 1 saturated heterocycles. The molecule has 20 heavy (non-hydrogen) atoms. The summed E-state index contributed by atoms with van der Waals surface area (Å²) in [5, 5.41) is 11.0. The molecule has 0 aliphatic carbocycles. The van der Waals surface area contributed by atoms with Gasteiger partial charge < -0.3 is 14.4 Å². The minimum absolute atomic E-state index is 0.0948. The van der Waals surface area contributed by atoms with Gasteiger partial charge in [-0.15, -0.1) is 0 Å². The molecule has 0 unspecified atom stereocenters. The number of hydrogen-bond acceptors (Lipinski definition) is 5. The van der Waals surface area contributed by atoms with E-state index in [0.717, 1.165) is 31.6 Å². The molecule has 0 amide bonds. The van der Waals surface area contributed by atoms with E-state index in [9.17, 15) is 10.1 Å². The highest BCUT2D eigenvalue weighted by Crippen LogP contribution is 2.36. The lowest BCUT2D eigenvalue weighted by atomic mass is 10.1. The van der Waals surface area contributed by atoms with E-state index in [4.69, 9.17) is 9.47 Å². The van der Waals surface area contributed by atoms with Crippen LogP contribution in [0, 0.1) is 17.0 Å². The first-order valence-corrected chi connectivity index (χ1v) is 6.67. The van der Waals surface area contributed by atoms with Crippen LogP contribution < -0.4 is 9.64 Å². The van der Waals surface area contributed by atoms with Crippen LogP contribution in [0.2, 0.25) is 0 Å². The predicted octanol–water partition coefficient (Wildman–Crippen LogP) is 2.53. The number of nitro benzene ring substituents is 1. The average Bonchev–Trinajstić information content (AvgIpc) is 2.46. The van der Waals surface area contributed by atoms with E-state index in [0.29, 0.717) is 17.4 Å². The van der Waals surface area contributed by atoms with Gasteiger partial charge >= 0.3 is 0 Å². The van der Waals surface area contributed by atoms with Crippen molar-refractivity contribution in [3.63, 3.8) is 0 Å². The Kier molecular flexibility index (Phi) is 4.44. The second-order valence-electron chi connectivity index (χ2n) is 4.99. The highest BCUT2D eigenvalue weighted by Gasteiger charge is 2.24. The Morgan fingerprint density at radius 1 is 1.30 bits per heavy atom. The van der Waals surface area contributed by atoms with Gasteiger partial charge in [-0.3, -0.25) is 10.1 Å². The summed E-state index contributed by atoms with van der Waals surface area (Å²) in [6.45, 7) is 3.49. The molecular formula is C14H20N2O4. The third-order valence-corrected chi connectivity index (χ3v) is 3.81. The van der Waals surface area contributed by atoms with Gasteiger partial charge in [-0.1, -0.05) is 0 Å². The van der Waals surface area contributed by atoms with Crippen LogP contribution in [0.4, 0.5) is 11.4 Å². The second-order valence-corrected chi connectivity index (χ2v) is 4.99. The van der Waals surface area contributed by atoms with Crippen molar-refractivity contribution in [2.24, 2.45) is 0 Å². The first-order chi connectivity index (χ1) is 9.56. The SMILES string of the molecule is COc1cc([N+](=O)[O-])c(C)cc1N1CCC(OC)CC1. The third-order valence-electron chi connectivity index (χ3n) is 3.81. The molecular weight excluding hydrogens is 260 g/mol. The van der Waals surface area contributed by atoms with Crippen molar-refractivity contribution in [1.29, 1.82) is 0 Å². The van der Waals surface area contributed by atoms with E-state index in [1.54, 1.807) is 21.1 Å². The fraction of sp³-hybridized carbons (Fsp3) is 0.571. The zero-order valence-corrected chi connectivity index (χ0v) is 12.1. The van der Waals surface area contributed by atoms with Gasteiger partial charge in [0, 0.05) is 25.8 Å². The summed E-state index contributed by atoms with van der Waals surface area (Å²) in [4.78, 5) is 12.8. The molecule has 1 aromatic rings. The molecule has 110 valence electrons. The van der Waals surface area contributed by atoms with Gasteiger partial charge in [0.05, 0.1) is 29.9 Å². The fourth-order valence-electron chi connectivity index (χ4n) is 2.60. The Bertz CT molecular complexity index is 496. The molecule has 6 heteroatoms. The van der Waals surface area contributed by atoms with E-state index in [2.05, 4.69) is 4.90 Å². The summed E-state index contributed by atoms with van der Waals surface area (Å²) >= 11 is 0. The van der Waals surface area contributed by atoms with Crippen LogP contribution in [0.1, 0.15) is 18.4 Å². The second kappa shape index (κ2) is 6.09. The maximum absolute atomic E-state index is 11.0. The van der Waals surface area contributed by atoms with Gasteiger partial charge in [0.2, 0.25) is 0 Å². The van der Waals surface area contributed by atoms with Crippen molar-refractivity contribution in [1.82, 2.24) is 0 Å². The van der Waals surface area contributed by atoms with Crippen molar-refractivity contribution < 1.29 is 14.4 Å². The largest absolute Gasteiger partial charge is 0.494 e. The van der Waals surface area contributed by atoms with Crippen LogP contribution in [0.15, 0.2) is 12.1 Å². The van der Waals surface area contributed by atoms with Crippen molar-refractivity contribution in [2.75, 3.05) is 32.2 Å². The molecule has 0 N–H and O–H groups in total. The summed E-state index contributed by atoms with van der Waals surface area (Å²) in [7, 11) is 3.27. The first-order valence-electron chi connectivity index (χ1n) is 6.67. The number of piperidine rings is 1. The molecule has 0 bridgehead atoms. The average molecular weight is 280 g/mol. The number of benzene rings is 1. The van der Waals surface area contributed by atoms with Crippen LogP contribution in [0.25, 0.3) is 0 Å². The third kappa shape index (κ3) is 2.85. The molecule has 0 radical (unpaired) electrons. The quantitative estimate of drug-likeness (QED) is 0.626. The van der Waals surface area contributed by atoms with Gasteiger partial charge in [-0.05, 0) is 25.8 Å². The lowest BCUT2D eigenvalue weighted by Gasteiger charge is -2.33. The fourth-order valence-corrected chi connectivity index (χ4v) is 2.60. The lowest BCUT2D eigenvalue weighted by Crippen LogP contribution is -2.36. The summed E-state index contributed by atoms with van der Waals surface area (Å²) in [6, 6.07) is 3.34. The Balaban J connectivity index is 2.28. The number of ether oxygens (including phenoxy) is 2. The van der Waals surface area contributed by atoms with Crippen molar-refractivity contribution in [3.05, 3.63) is 27.8 Å². The number of anilines is 1. The molecule has 1 aromatic carbocycles. The molecule has 1 fully saturated rings. The normalized spacial score (nSPS) is 16.2. The molecule has 2 rings (SSSR count). The Labute approximate surface area is 118 Å². The number of hydrogen-bond donors (Lipinski definition) is 0. The van der Waals surface area contributed by atoms with E-state index in [1.807, 2.05) is 6.07 Å². The molecule has 6 nitrogen and oxygen atoms in total. The maximum Gasteiger partial charge on any atom is 0.276 e. The standard InChI is InChI=1S/C14H20N2O4/c1-10-8-13(14(20-3)9-12(10)16(17)18)15-6-4-11(19-2)5-7-15/h8-9,11H,4-7H2,1-3H3. The minimum atomic E-state index is -0.376. The van der Waals surface area contributed by atoms with Crippen LogP contribution >= 0.6 is 0 Å². The first kappa shape index (κ1) is 14.6. The van der Waals surface area contributed by atoms with Crippen LogP contribution in [-0.4, -0.2) is 38.3 Å². The molecule has 1 heterocycles. The van der Waals surface area contributed by atoms with E-state index in [-0.39, 0.29) is 10.6 Å². The van der Waals surface area contributed by atoms with Crippen LogP contribution in [0.3, 0.4) is 0 Å². The van der Waals surface area contributed by atoms with Crippen LogP contribution in [-0.2, 0) is 4.74 Å². The topological polar surface area (TPSA) is 64.8 Å². The lowest BCUT2D eigenvalue weighted by molar-refractivity contribution is -0.385. The number of aryl methyl sites for hydroxylation is 1. The number of nitro groups is 1. The maximum atomic E-state index is 11.0. The highest BCUT2D eigenvalue weighted by molar-refractivity contribution is 5.65.